The smallest absolute Gasteiger partial charge is 0.0991 e. The minimum atomic E-state index is -0.0376. The van der Waals surface area contributed by atoms with Crippen LogP contribution in [0.2, 0.25) is 0 Å². The van der Waals surface area contributed by atoms with Crippen molar-refractivity contribution in [2.24, 2.45) is 16.1 Å². The topological polar surface area (TPSA) is 51.3 Å². The minimum Gasteiger partial charge on any atom is -0.387 e. The van der Waals surface area contributed by atoms with E-state index in [0.717, 1.165) is 12.1 Å². The van der Waals surface area contributed by atoms with E-state index in [0.29, 0.717) is 12.4 Å². The Morgan fingerprint density at radius 2 is 2.13 bits per heavy atom. The van der Waals surface area contributed by atoms with Gasteiger partial charge in [0.25, 0.3) is 0 Å². The van der Waals surface area contributed by atoms with Gasteiger partial charge in [-0.2, -0.15) is 0 Å². The predicted molar refractivity (Wildman–Crippen MR) is 63.9 cm³/mol. The maximum atomic E-state index is 5.84. The van der Waals surface area contributed by atoms with Crippen molar-refractivity contribution in [3.63, 3.8) is 0 Å². The van der Waals surface area contributed by atoms with Crippen LogP contribution < -0.4 is 5.73 Å². The summed E-state index contributed by atoms with van der Waals surface area (Å²) in [6.45, 7) is 6.89. The van der Waals surface area contributed by atoms with Crippen LogP contribution in [-0.4, -0.2) is 17.4 Å². The average Bonchev–Trinajstić information content (AvgIpc) is 2.18. The van der Waals surface area contributed by atoms with Gasteiger partial charge in [-0.3, -0.25) is 9.98 Å². The number of aliphatic imine (C=N–C) groups is 1. The van der Waals surface area contributed by atoms with Gasteiger partial charge in [0, 0.05) is 30.3 Å². The SMILES string of the molecule is CC(C)(C)C(N)=NCCc1ccccn1. The molecule has 3 heteroatoms. The molecule has 0 saturated carbocycles. The molecule has 0 aliphatic rings. The van der Waals surface area contributed by atoms with E-state index in [2.05, 4.69) is 30.7 Å². The number of nitrogens with zero attached hydrogens (tertiary/aromatic N) is 2. The lowest BCUT2D eigenvalue weighted by molar-refractivity contribution is 0.581. The van der Waals surface area contributed by atoms with E-state index >= 15 is 0 Å². The molecule has 15 heavy (non-hydrogen) atoms. The molecule has 0 aliphatic heterocycles. The van der Waals surface area contributed by atoms with Crippen molar-refractivity contribution in [2.75, 3.05) is 6.54 Å². The Bertz CT molecular complexity index is 322. The number of hydrogen-bond donors (Lipinski definition) is 1. The summed E-state index contributed by atoms with van der Waals surface area (Å²) in [5.41, 5.74) is 6.87. The van der Waals surface area contributed by atoms with E-state index in [1.54, 1.807) is 6.20 Å². The van der Waals surface area contributed by atoms with Gasteiger partial charge in [-0.05, 0) is 12.1 Å². The molecule has 1 heterocycles. The molecule has 0 atom stereocenters. The molecule has 0 bridgehead atoms. The van der Waals surface area contributed by atoms with Gasteiger partial charge in [0.2, 0.25) is 0 Å². The number of pyridine rings is 1. The standard InChI is InChI=1S/C12H19N3/c1-12(2,3)11(13)15-9-7-10-6-4-5-8-14-10/h4-6,8H,7,9H2,1-3H3,(H2,13,15). The first kappa shape index (κ1) is 11.7. The highest BCUT2D eigenvalue weighted by Gasteiger charge is 2.14. The van der Waals surface area contributed by atoms with Crippen molar-refractivity contribution in [2.45, 2.75) is 27.2 Å². The van der Waals surface area contributed by atoms with Crippen molar-refractivity contribution in [1.29, 1.82) is 0 Å². The highest BCUT2D eigenvalue weighted by molar-refractivity contribution is 5.85. The van der Waals surface area contributed by atoms with Gasteiger partial charge in [-0.15, -0.1) is 0 Å². The van der Waals surface area contributed by atoms with Crippen molar-refractivity contribution in [3.8, 4) is 0 Å². The van der Waals surface area contributed by atoms with Gasteiger partial charge in [-0.25, -0.2) is 0 Å². The molecule has 3 nitrogen and oxygen atoms in total. The Kier molecular flexibility index (Phi) is 3.83. The Labute approximate surface area is 91.4 Å². The van der Waals surface area contributed by atoms with E-state index in [-0.39, 0.29) is 5.41 Å². The van der Waals surface area contributed by atoms with Gasteiger partial charge < -0.3 is 5.73 Å². The number of aromatic nitrogens is 1. The minimum absolute atomic E-state index is 0.0376. The van der Waals surface area contributed by atoms with Crippen LogP contribution in [0, 0.1) is 5.41 Å². The lowest BCUT2D eigenvalue weighted by atomic mass is 9.95. The van der Waals surface area contributed by atoms with Crippen LogP contribution in [0.5, 0.6) is 0 Å². The second-order valence-electron chi connectivity index (χ2n) is 4.59. The largest absolute Gasteiger partial charge is 0.387 e. The molecule has 0 aliphatic carbocycles. The van der Waals surface area contributed by atoms with Crippen molar-refractivity contribution < 1.29 is 0 Å². The first-order chi connectivity index (χ1) is 7.00. The molecule has 0 fully saturated rings. The van der Waals surface area contributed by atoms with E-state index in [1.165, 1.54) is 0 Å². The normalized spacial score (nSPS) is 12.9. The van der Waals surface area contributed by atoms with Crippen LogP contribution in [0.4, 0.5) is 0 Å². The molecular formula is C12H19N3. The first-order valence-corrected chi connectivity index (χ1v) is 5.20. The molecular weight excluding hydrogens is 186 g/mol. The highest BCUT2D eigenvalue weighted by atomic mass is 14.9. The number of nitrogens with two attached hydrogens (primary N) is 1. The van der Waals surface area contributed by atoms with E-state index in [1.807, 2.05) is 18.2 Å². The van der Waals surface area contributed by atoms with Crippen molar-refractivity contribution in [1.82, 2.24) is 4.98 Å². The summed E-state index contributed by atoms with van der Waals surface area (Å²) in [7, 11) is 0. The third-order valence-electron chi connectivity index (χ3n) is 2.14. The fourth-order valence-electron chi connectivity index (χ4n) is 1.07. The maximum absolute atomic E-state index is 5.84. The maximum Gasteiger partial charge on any atom is 0.0991 e. The summed E-state index contributed by atoms with van der Waals surface area (Å²) < 4.78 is 0. The van der Waals surface area contributed by atoms with Crippen LogP contribution in [0.25, 0.3) is 0 Å². The Balaban J connectivity index is 2.46. The second-order valence-corrected chi connectivity index (χ2v) is 4.59. The van der Waals surface area contributed by atoms with Crippen LogP contribution in [-0.2, 0) is 6.42 Å². The average molecular weight is 205 g/mol. The number of amidine groups is 1. The molecule has 2 N–H and O–H groups in total. The van der Waals surface area contributed by atoms with Gasteiger partial charge in [0.05, 0.1) is 5.84 Å². The van der Waals surface area contributed by atoms with Crippen LogP contribution >= 0.6 is 0 Å². The van der Waals surface area contributed by atoms with E-state index < -0.39 is 0 Å². The Morgan fingerprint density at radius 3 is 2.67 bits per heavy atom. The quantitative estimate of drug-likeness (QED) is 0.606. The zero-order valence-electron chi connectivity index (χ0n) is 9.70. The molecule has 82 valence electrons. The summed E-state index contributed by atoms with van der Waals surface area (Å²) in [4.78, 5) is 8.57. The number of rotatable bonds is 3. The Morgan fingerprint density at radius 1 is 1.40 bits per heavy atom. The fourth-order valence-corrected chi connectivity index (χ4v) is 1.07. The molecule has 0 amide bonds. The lowest BCUT2D eigenvalue weighted by Gasteiger charge is -2.17. The zero-order chi connectivity index (χ0) is 11.3. The highest BCUT2D eigenvalue weighted by Crippen LogP contribution is 2.12. The molecule has 1 aromatic heterocycles. The third-order valence-corrected chi connectivity index (χ3v) is 2.14. The second kappa shape index (κ2) is 4.91. The van der Waals surface area contributed by atoms with Gasteiger partial charge in [0.1, 0.15) is 0 Å². The molecule has 0 aromatic carbocycles. The fraction of sp³-hybridized carbons (Fsp3) is 0.500. The molecule has 1 rings (SSSR count). The molecule has 0 radical (unpaired) electrons. The Hall–Kier alpha value is -1.38. The molecule has 0 saturated heterocycles. The summed E-state index contributed by atoms with van der Waals surface area (Å²) in [5, 5.41) is 0. The summed E-state index contributed by atoms with van der Waals surface area (Å²) >= 11 is 0. The zero-order valence-corrected chi connectivity index (χ0v) is 9.70. The lowest BCUT2D eigenvalue weighted by Crippen LogP contribution is -2.29. The molecule has 0 unspecified atom stereocenters. The first-order valence-electron chi connectivity index (χ1n) is 5.20. The van der Waals surface area contributed by atoms with E-state index in [9.17, 15) is 0 Å². The molecule has 1 aromatic rings. The van der Waals surface area contributed by atoms with Crippen LogP contribution in [0.3, 0.4) is 0 Å². The summed E-state index contributed by atoms with van der Waals surface area (Å²) in [5.74, 6) is 0.707. The van der Waals surface area contributed by atoms with Crippen LogP contribution in [0.15, 0.2) is 29.4 Å². The third kappa shape index (κ3) is 4.11. The predicted octanol–water partition coefficient (Wildman–Crippen LogP) is 2.03. The number of hydrogen-bond acceptors (Lipinski definition) is 2. The van der Waals surface area contributed by atoms with E-state index in [4.69, 9.17) is 5.73 Å². The van der Waals surface area contributed by atoms with Gasteiger partial charge in [0.15, 0.2) is 0 Å². The summed E-state index contributed by atoms with van der Waals surface area (Å²) in [6, 6.07) is 5.90. The summed E-state index contributed by atoms with van der Waals surface area (Å²) in [6.07, 6.45) is 2.64. The van der Waals surface area contributed by atoms with Gasteiger partial charge >= 0.3 is 0 Å². The van der Waals surface area contributed by atoms with Crippen LogP contribution in [0.1, 0.15) is 26.5 Å². The van der Waals surface area contributed by atoms with Crippen molar-refractivity contribution in [3.05, 3.63) is 30.1 Å². The van der Waals surface area contributed by atoms with Crippen molar-refractivity contribution >= 4 is 5.84 Å². The van der Waals surface area contributed by atoms with Gasteiger partial charge in [-0.1, -0.05) is 26.8 Å². The monoisotopic (exact) mass is 205 g/mol. The molecule has 0 spiro atoms.